The molecule has 0 spiro atoms. The smallest absolute Gasteiger partial charge is 0.242 e. The summed E-state index contributed by atoms with van der Waals surface area (Å²) < 4.78 is 0. The van der Waals surface area contributed by atoms with Crippen molar-refractivity contribution in [3.05, 3.63) is 36.2 Å². The highest BCUT2D eigenvalue weighted by atomic mass is 16.2. The highest BCUT2D eigenvalue weighted by molar-refractivity contribution is 5.83. The number of aromatic nitrogens is 3. The lowest BCUT2D eigenvalue weighted by atomic mass is 9.97. The van der Waals surface area contributed by atoms with Crippen LogP contribution in [0.15, 0.2) is 30.3 Å². The van der Waals surface area contributed by atoms with Crippen LogP contribution in [0.4, 0.5) is 0 Å². The molecule has 2 heterocycles. The lowest BCUT2D eigenvalue weighted by molar-refractivity contribution is -0.139. The molecule has 0 bridgehead atoms. The van der Waals surface area contributed by atoms with Crippen LogP contribution in [0.3, 0.4) is 0 Å². The van der Waals surface area contributed by atoms with Crippen molar-refractivity contribution in [1.29, 1.82) is 0 Å². The van der Waals surface area contributed by atoms with Crippen LogP contribution in [0.2, 0.25) is 0 Å². The molecule has 1 N–H and O–H groups in total. The summed E-state index contributed by atoms with van der Waals surface area (Å²) in [4.78, 5) is 31.6. The van der Waals surface area contributed by atoms with Gasteiger partial charge in [0.25, 0.3) is 0 Å². The van der Waals surface area contributed by atoms with Gasteiger partial charge in [-0.15, -0.1) is 0 Å². The van der Waals surface area contributed by atoms with Crippen LogP contribution in [0, 0.1) is 0 Å². The van der Waals surface area contributed by atoms with Crippen LogP contribution in [-0.2, 0) is 9.59 Å². The van der Waals surface area contributed by atoms with E-state index in [-0.39, 0.29) is 24.3 Å². The first kappa shape index (κ1) is 17.1. The number of amides is 2. The van der Waals surface area contributed by atoms with Gasteiger partial charge >= 0.3 is 0 Å². The van der Waals surface area contributed by atoms with Gasteiger partial charge < -0.3 is 9.80 Å². The monoisotopic (exact) mass is 341 g/mol. The van der Waals surface area contributed by atoms with Crippen LogP contribution >= 0.6 is 0 Å². The fourth-order valence-corrected chi connectivity index (χ4v) is 3.01. The highest BCUT2D eigenvalue weighted by Crippen LogP contribution is 2.26. The summed E-state index contributed by atoms with van der Waals surface area (Å²) in [5.41, 5.74) is 0.969. The molecule has 1 aromatic heterocycles. The second-order valence-electron chi connectivity index (χ2n) is 6.46. The number of benzene rings is 1. The van der Waals surface area contributed by atoms with E-state index in [0.29, 0.717) is 12.4 Å². The number of nitrogens with one attached hydrogen (secondary N) is 1. The zero-order chi connectivity index (χ0) is 17.8. The predicted octanol–water partition coefficient (Wildman–Crippen LogP) is 1.66. The van der Waals surface area contributed by atoms with Crippen molar-refractivity contribution in [2.75, 3.05) is 26.7 Å². The molecule has 25 heavy (non-hydrogen) atoms. The van der Waals surface area contributed by atoms with Crippen LogP contribution in [0.25, 0.3) is 11.4 Å². The summed E-state index contributed by atoms with van der Waals surface area (Å²) in [6, 6.07) is 9.82. The lowest BCUT2D eigenvalue weighted by Gasteiger charge is -2.32. The summed E-state index contributed by atoms with van der Waals surface area (Å²) in [5, 5.41) is 7.34. The van der Waals surface area contributed by atoms with Gasteiger partial charge in [-0.3, -0.25) is 14.7 Å². The maximum absolute atomic E-state index is 12.4. The molecule has 0 radical (unpaired) electrons. The Morgan fingerprint density at radius 1 is 1.32 bits per heavy atom. The van der Waals surface area contributed by atoms with Crippen molar-refractivity contribution < 1.29 is 9.59 Å². The SMILES string of the molecule is CC(=O)N(C)CC(=O)N1CCCC(c2nc(-c3ccccc3)n[nH]2)C1. The number of carbonyl (C=O) groups excluding carboxylic acids is 2. The third-order valence-electron chi connectivity index (χ3n) is 4.61. The summed E-state index contributed by atoms with van der Waals surface area (Å²) in [5.74, 6) is 1.51. The molecule has 1 atom stereocenters. The summed E-state index contributed by atoms with van der Waals surface area (Å²) in [6.45, 7) is 2.91. The average molecular weight is 341 g/mol. The molecule has 2 aromatic rings. The molecule has 7 heteroatoms. The van der Waals surface area contributed by atoms with Gasteiger partial charge in [-0.1, -0.05) is 30.3 Å². The van der Waals surface area contributed by atoms with Gasteiger partial charge in [0.15, 0.2) is 5.82 Å². The summed E-state index contributed by atoms with van der Waals surface area (Å²) in [6.07, 6.45) is 1.89. The van der Waals surface area contributed by atoms with Crippen molar-refractivity contribution in [2.24, 2.45) is 0 Å². The Bertz CT molecular complexity index is 743. The molecule has 1 aromatic carbocycles. The topological polar surface area (TPSA) is 82.2 Å². The zero-order valence-electron chi connectivity index (χ0n) is 14.6. The minimum Gasteiger partial charge on any atom is -0.340 e. The van der Waals surface area contributed by atoms with Crippen molar-refractivity contribution in [1.82, 2.24) is 25.0 Å². The second kappa shape index (κ2) is 7.46. The Morgan fingerprint density at radius 3 is 2.80 bits per heavy atom. The van der Waals surface area contributed by atoms with Crippen molar-refractivity contribution in [3.8, 4) is 11.4 Å². The number of carbonyl (C=O) groups is 2. The van der Waals surface area contributed by atoms with Crippen LogP contribution < -0.4 is 0 Å². The number of hydrogen-bond donors (Lipinski definition) is 1. The predicted molar refractivity (Wildman–Crippen MR) is 93.7 cm³/mol. The van der Waals surface area contributed by atoms with Gasteiger partial charge in [0, 0.05) is 38.5 Å². The van der Waals surface area contributed by atoms with Crippen molar-refractivity contribution in [3.63, 3.8) is 0 Å². The van der Waals surface area contributed by atoms with E-state index in [1.165, 1.54) is 11.8 Å². The molecule has 1 aliphatic heterocycles. The number of likely N-dealkylation sites (tertiary alicyclic amines) is 1. The summed E-state index contributed by atoms with van der Waals surface area (Å²) >= 11 is 0. The fourth-order valence-electron chi connectivity index (χ4n) is 3.01. The largest absolute Gasteiger partial charge is 0.340 e. The highest BCUT2D eigenvalue weighted by Gasteiger charge is 2.27. The Balaban J connectivity index is 1.66. The van der Waals surface area contributed by atoms with E-state index in [2.05, 4.69) is 15.2 Å². The van der Waals surface area contributed by atoms with Gasteiger partial charge in [-0.25, -0.2) is 4.98 Å². The first-order valence-corrected chi connectivity index (χ1v) is 8.52. The zero-order valence-corrected chi connectivity index (χ0v) is 14.6. The Labute approximate surface area is 147 Å². The second-order valence-corrected chi connectivity index (χ2v) is 6.46. The van der Waals surface area contributed by atoms with E-state index in [9.17, 15) is 9.59 Å². The number of H-pyrrole nitrogens is 1. The molecular weight excluding hydrogens is 318 g/mol. The molecule has 1 aliphatic rings. The first-order chi connectivity index (χ1) is 12.0. The molecule has 0 aliphatic carbocycles. The van der Waals surface area contributed by atoms with Gasteiger partial charge in [0.05, 0.1) is 6.54 Å². The maximum atomic E-state index is 12.4. The van der Waals surface area contributed by atoms with E-state index in [0.717, 1.165) is 30.8 Å². The fraction of sp³-hybridized carbons (Fsp3) is 0.444. The van der Waals surface area contributed by atoms with Crippen molar-refractivity contribution >= 4 is 11.8 Å². The van der Waals surface area contributed by atoms with E-state index >= 15 is 0 Å². The van der Waals surface area contributed by atoms with E-state index in [1.807, 2.05) is 35.2 Å². The van der Waals surface area contributed by atoms with E-state index in [1.54, 1.807) is 7.05 Å². The third-order valence-corrected chi connectivity index (χ3v) is 4.61. The van der Waals surface area contributed by atoms with Gasteiger partial charge in [-0.05, 0) is 12.8 Å². The van der Waals surface area contributed by atoms with Crippen LogP contribution in [0.1, 0.15) is 31.5 Å². The molecule has 7 nitrogen and oxygen atoms in total. The van der Waals surface area contributed by atoms with E-state index < -0.39 is 0 Å². The van der Waals surface area contributed by atoms with Crippen LogP contribution in [0.5, 0.6) is 0 Å². The van der Waals surface area contributed by atoms with Gasteiger partial charge in [-0.2, -0.15) is 5.10 Å². The normalized spacial score (nSPS) is 17.4. The van der Waals surface area contributed by atoms with Gasteiger partial charge in [0.1, 0.15) is 5.82 Å². The number of piperidine rings is 1. The Morgan fingerprint density at radius 2 is 2.08 bits per heavy atom. The Kier molecular flexibility index (Phi) is 5.11. The third kappa shape index (κ3) is 4.04. The Hall–Kier alpha value is -2.70. The first-order valence-electron chi connectivity index (χ1n) is 8.52. The molecule has 2 amide bonds. The molecule has 1 unspecified atom stereocenters. The number of hydrogen-bond acceptors (Lipinski definition) is 4. The molecule has 1 saturated heterocycles. The number of aromatic amines is 1. The average Bonchev–Trinajstić information content (AvgIpc) is 3.12. The molecule has 1 fully saturated rings. The molecular formula is C18H23N5O2. The standard InChI is InChI=1S/C18H23N5O2/c1-13(24)22(2)12-16(25)23-10-6-9-15(11-23)18-19-17(20-21-18)14-7-4-3-5-8-14/h3-5,7-8,15H,6,9-12H2,1-2H3,(H,19,20,21). The molecule has 0 saturated carbocycles. The lowest BCUT2D eigenvalue weighted by Crippen LogP contribution is -2.44. The maximum Gasteiger partial charge on any atom is 0.242 e. The van der Waals surface area contributed by atoms with E-state index in [4.69, 9.17) is 0 Å². The summed E-state index contributed by atoms with van der Waals surface area (Å²) in [7, 11) is 1.64. The number of rotatable bonds is 4. The minimum atomic E-state index is -0.107. The van der Waals surface area contributed by atoms with Gasteiger partial charge in [0.2, 0.25) is 11.8 Å². The van der Waals surface area contributed by atoms with Crippen LogP contribution in [-0.4, -0.2) is 63.5 Å². The minimum absolute atomic E-state index is 0.0230. The molecule has 132 valence electrons. The molecule has 3 rings (SSSR count). The van der Waals surface area contributed by atoms with Crippen molar-refractivity contribution in [2.45, 2.75) is 25.7 Å². The number of likely N-dealkylation sites (N-methyl/N-ethyl adjacent to an activating group) is 1. The quantitative estimate of drug-likeness (QED) is 0.917. The number of nitrogens with zero attached hydrogens (tertiary/aromatic N) is 4.